The van der Waals surface area contributed by atoms with Gasteiger partial charge in [0.25, 0.3) is 0 Å². The molecule has 0 aromatic rings. The first kappa shape index (κ1) is 5.03. The highest BCUT2D eigenvalue weighted by Gasteiger charge is 2.16. The van der Waals surface area contributed by atoms with Crippen molar-refractivity contribution in [2.24, 2.45) is 0 Å². The first-order chi connectivity index (χ1) is 3.43. The summed E-state index contributed by atoms with van der Waals surface area (Å²) < 4.78 is 4.84. The Bertz CT molecular complexity index is 53.7. The predicted octanol–water partition coefficient (Wildman–Crippen LogP) is -0.464. The Morgan fingerprint density at radius 1 is 1.71 bits per heavy atom. The van der Waals surface area contributed by atoms with Crippen LogP contribution in [0.15, 0.2) is 0 Å². The van der Waals surface area contributed by atoms with Gasteiger partial charge in [-0.2, -0.15) is 5.48 Å². The van der Waals surface area contributed by atoms with E-state index in [9.17, 15) is 0 Å². The van der Waals surface area contributed by atoms with E-state index in [0.717, 1.165) is 13.2 Å². The summed E-state index contributed by atoms with van der Waals surface area (Å²) in [5.41, 5.74) is 2.76. The van der Waals surface area contributed by atoms with E-state index in [2.05, 4.69) is 10.3 Å². The van der Waals surface area contributed by atoms with Crippen LogP contribution in [-0.4, -0.2) is 26.4 Å². The third-order valence-corrected chi connectivity index (χ3v) is 0.923. The van der Waals surface area contributed by atoms with Crippen molar-refractivity contribution >= 4 is 0 Å². The van der Waals surface area contributed by atoms with Crippen LogP contribution in [0.2, 0.25) is 0 Å². The molecule has 0 aromatic carbocycles. The topological polar surface area (TPSA) is 30.5 Å². The van der Waals surface area contributed by atoms with Gasteiger partial charge in [0.05, 0.1) is 26.4 Å². The van der Waals surface area contributed by atoms with E-state index in [1.807, 2.05) is 0 Å². The quantitative estimate of drug-likeness (QED) is 0.479. The Balaban J connectivity index is 1.93. The fourth-order valence-electron chi connectivity index (χ4n) is 0.470. The molecular weight excluding hydrogens is 94.0 g/mol. The van der Waals surface area contributed by atoms with Crippen molar-refractivity contribution in [2.45, 2.75) is 6.04 Å². The minimum Gasteiger partial charge on any atom is -0.378 e. The summed E-state index contributed by atoms with van der Waals surface area (Å²) in [6.45, 7) is 1.57. The SMILES string of the molecule is CONC1COC1. The van der Waals surface area contributed by atoms with E-state index in [-0.39, 0.29) is 0 Å². The third kappa shape index (κ3) is 1.12. The van der Waals surface area contributed by atoms with Gasteiger partial charge >= 0.3 is 0 Å². The van der Waals surface area contributed by atoms with Gasteiger partial charge in [-0.15, -0.1) is 0 Å². The van der Waals surface area contributed by atoms with E-state index >= 15 is 0 Å². The molecule has 0 aliphatic carbocycles. The largest absolute Gasteiger partial charge is 0.378 e. The first-order valence-corrected chi connectivity index (χ1v) is 2.29. The molecule has 3 heteroatoms. The van der Waals surface area contributed by atoms with E-state index in [1.54, 1.807) is 7.11 Å². The molecule has 0 bridgehead atoms. The van der Waals surface area contributed by atoms with Crippen molar-refractivity contribution in [1.82, 2.24) is 5.48 Å². The Morgan fingerprint density at radius 2 is 2.43 bits per heavy atom. The van der Waals surface area contributed by atoms with E-state index in [1.165, 1.54) is 0 Å². The molecule has 1 fully saturated rings. The van der Waals surface area contributed by atoms with Gasteiger partial charge in [-0.25, -0.2) is 0 Å². The fraction of sp³-hybridized carbons (Fsp3) is 1.00. The average Bonchev–Trinajstić information content (AvgIpc) is 1.55. The molecule has 0 saturated carbocycles. The summed E-state index contributed by atoms with van der Waals surface area (Å²) in [5, 5.41) is 0. The van der Waals surface area contributed by atoms with Crippen LogP contribution in [0.1, 0.15) is 0 Å². The molecule has 0 unspecified atom stereocenters. The molecule has 0 amide bonds. The van der Waals surface area contributed by atoms with Gasteiger partial charge in [0.15, 0.2) is 0 Å². The molecule has 7 heavy (non-hydrogen) atoms. The van der Waals surface area contributed by atoms with E-state index < -0.39 is 0 Å². The summed E-state index contributed by atoms with van der Waals surface area (Å²) in [7, 11) is 1.61. The monoisotopic (exact) mass is 103 g/mol. The van der Waals surface area contributed by atoms with Crippen LogP contribution in [-0.2, 0) is 9.57 Å². The Labute approximate surface area is 42.6 Å². The molecule has 0 radical (unpaired) electrons. The van der Waals surface area contributed by atoms with Crippen LogP contribution in [0.25, 0.3) is 0 Å². The lowest BCUT2D eigenvalue weighted by atomic mass is 10.3. The second kappa shape index (κ2) is 2.26. The predicted molar refractivity (Wildman–Crippen MR) is 24.8 cm³/mol. The zero-order valence-corrected chi connectivity index (χ0v) is 4.31. The molecular formula is C4H9NO2. The molecule has 1 saturated heterocycles. The van der Waals surface area contributed by atoms with Crippen molar-refractivity contribution in [3.63, 3.8) is 0 Å². The Kier molecular flexibility index (Phi) is 1.62. The third-order valence-electron chi connectivity index (χ3n) is 0.923. The zero-order chi connectivity index (χ0) is 5.11. The normalized spacial score (nSPS) is 21.9. The van der Waals surface area contributed by atoms with Crippen molar-refractivity contribution < 1.29 is 9.57 Å². The number of hydrogen-bond acceptors (Lipinski definition) is 3. The number of nitrogens with one attached hydrogen (secondary N) is 1. The van der Waals surface area contributed by atoms with E-state index in [4.69, 9.17) is 4.74 Å². The zero-order valence-electron chi connectivity index (χ0n) is 4.31. The minimum absolute atomic E-state index is 0.435. The van der Waals surface area contributed by atoms with Crippen molar-refractivity contribution in [3.05, 3.63) is 0 Å². The smallest absolute Gasteiger partial charge is 0.0789 e. The summed E-state index contributed by atoms with van der Waals surface area (Å²) in [5.74, 6) is 0. The lowest BCUT2D eigenvalue weighted by Gasteiger charge is -2.25. The van der Waals surface area contributed by atoms with Crippen LogP contribution in [0, 0.1) is 0 Å². The van der Waals surface area contributed by atoms with Crippen LogP contribution in [0.5, 0.6) is 0 Å². The van der Waals surface area contributed by atoms with Gasteiger partial charge in [0.2, 0.25) is 0 Å². The van der Waals surface area contributed by atoms with Gasteiger partial charge in [0.1, 0.15) is 0 Å². The number of hydrogen-bond donors (Lipinski definition) is 1. The van der Waals surface area contributed by atoms with Crippen LogP contribution in [0.3, 0.4) is 0 Å². The molecule has 0 spiro atoms. The Hall–Kier alpha value is -0.120. The summed E-state index contributed by atoms with van der Waals surface area (Å²) in [4.78, 5) is 4.62. The molecule has 1 rings (SSSR count). The lowest BCUT2D eigenvalue weighted by molar-refractivity contribution is -0.0738. The molecule has 42 valence electrons. The van der Waals surface area contributed by atoms with Crippen molar-refractivity contribution in [1.29, 1.82) is 0 Å². The van der Waals surface area contributed by atoms with Crippen LogP contribution in [0.4, 0.5) is 0 Å². The number of hydroxylamine groups is 1. The lowest BCUT2D eigenvalue weighted by Crippen LogP contribution is -2.45. The van der Waals surface area contributed by atoms with Crippen molar-refractivity contribution in [3.8, 4) is 0 Å². The number of ether oxygens (including phenoxy) is 1. The molecule has 1 heterocycles. The standard InChI is InChI=1S/C4H9NO2/c1-6-5-4-2-7-3-4/h4-5H,2-3H2,1H3. The van der Waals surface area contributed by atoms with E-state index in [0.29, 0.717) is 6.04 Å². The molecule has 1 N–H and O–H groups in total. The average molecular weight is 103 g/mol. The highest BCUT2D eigenvalue weighted by molar-refractivity contribution is 4.67. The molecule has 0 aromatic heterocycles. The summed E-state index contributed by atoms with van der Waals surface area (Å²) in [6, 6.07) is 0.435. The number of rotatable bonds is 2. The van der Waals surface area contributed by atoms with Crippen LogP contribution >= 0.6 is 0 Å². The molecule has 1 aliphatic rings. The maximum absolute atomic E-state index is 4.84. The van der Waals surface area contributed by atoms with Gasteiger partial charge in [-0.3, -0.25) is 0 Å². The second-order valence-corrected chi connectivity index (χ2v) is 1.56. The molecule has 3 nitrogen and oxygen atoms in total. The first-order valence-electron chi connectivity index (χ1n) is 2.29. The summed E-state index contributed by atoms with van der Waals surface area (Å²) >= 11 is 0. The van der Waals surface area contributed by atoms with Gasteiger partial charge in [0, 0.05) is 0 Å². The Morgan fingerprint density at radius 3 is 2.57 bits per heavy atom. The van der Waals surface area contributed by atoms with Gasteiger partial charge in [-0.05, 0) is 0 Å². The summed E-state index contributed by atoms with van der Waals surface area (Å²) in [6.07, 6.45) is 0. The molecule has 0 atom stereocenters. The van der Waals surface area contributed by atoms with Gasteiger partial charge < -0.3 is 9.57 Å². The highest BCUT2D eigenvalue weighted by Crippen LogP contribution is 1.97. The molecule has 1 aliphatic heterocycles. The van der Waals surface area contributed by atoms with Gasteiger partial charge in [-0.1, -0.05) is 0 Å². The minimum atomic E-state index is 0.435. The second-order valence-electron chi connectivity index (χ2n) is 1.56. The maximum atomic E-state index is 4.84. The van der Waals surface area contributed by atoms with Crippen LogP contribution < -0.4 is 5.48 Å². The fourth-order valence-corrected chi connectivity index (χ4v) is 0.470. The van der Waals surface area contributed by atoms with Crippen molar-refractivity contribution in [2.75, 3.05) is 20.3 Å². The maximum Gasteiger partial charge on any atom is 0.0789 e. The highest BCUT2D eigenvalue weighted by atomic mass is 16.6.